The highest BCUT2D eigenvalue weighted by atomic mass is 16.6. The first-order valence-electron chi connectivity index (χ1n) is 7.86. The molecule has 1 atom stereocenters. The van der Waals surface area contributed by atoms with Crippen molar-refractivity contribution in [2.45, 2.75) is 25.4 Å². The molecule has 3 rings (SSSR count). The van der Waals surface area contributed by atoms with Gasteiger partial charge in [0.05, 0.1) is 12.4 Å². The van der Waals surface area contributed by atoms with Gasteiger partial charge in [-0.2, -0.15) is 0 Å². The lowest BCUT2D eigenvalue weighted by molar-refractivity contribution is -0.751. The maximum absolute atomic E-state index is 12.3. The van der Waals surface area contributed by atoms with Gasteiger partial charge < -0.3 is 24.6 Å². The summed E-state index contributed by atoms with van der Waals surface area (Å²) in [7, 11) is 1.63. The summed E-state index contributed by atoms with van der Waals surface area (Å²) in [5.74, 6) is 0.179. The fourth-order valence-corrected chi connectivity index (χ4v) is 2.82. The number of hydrogen-bond donors (Lipinski definition) is 1. The number of benzene rings is 1. The zero-order valence-corrected chi connectivity index (χ0v) is 13.5. The lowest BCUT2D eigenvalue weighted by Crippen LogP contribution is -2.50. The number of anilines is 1. The fourth-order valence-electron chi connectivity index (χ4n) is 2.82. The molecule has 1 fully saturated rings. The molecule has 1 aromatic heterocycles. The predicted molar refractivity (Wildman–Crippen MR) is 82.4 cm³/mol. The molecule has 2 heterocycles. The third-order valence-corrected chi connectivity index (χ3v) is 4.02. The smallest absolute Gasteiger partial charge is 0.291 e. The van der Waals surface area contributed by atoms with Crippen LogP contribution >= 0.6 is 0 Å². The topological polar surface area (TPSA) is 94.5 Å². The molecule has 1 unspecified atom stereocenters. The van der Waals surface area contributed by atoms with Crippen molar-refractivity contribution in [3.63, 3.8) is 0 Å². The number of piperidine rings is 1. The second-order valence-electron chi connectivity index (χ2n) is 5.77. The molecule has 2 aromatic rings. The Balaban J connectivity index is 1.56. The third kappa shape index (κ3) is 3.95. The van der Waals surface area contributed by atoms with Gasteiger partial charge in [-0.05, 0) is 37.1 Å². The van der Waals surface area contributed by atoms with Gasteiger partial charge >= 0.3 is 0 Å². The molecule has 1 N–H and O–H groups in total. The molecule has 8 nitrogen and oxygen atoms in total. The predicted octanol–water partition coefficient (Wildman–Crippen LogP) is 0.147. The van der Waals surface area contributed by atoms with Crippen LogP contribution in [0.2, 0.25) is 0 Å². The average Bonchev–Trinajstić information content (AvgIpc) is 3.00. The fraction of sp³-hybridized carbons (Fsp3) is 0.438. The van der Waals surface area contributed by atoms with Gasteiger partial charge in [-0.3, -0.25) is 4.79 Å². The minimum absolute atomic E-state index is 0.0149. The molecule has 1 saturated heterocycles. The van der Waals surface area contributed by atoms with Crippen LogP contribution in [0.1, 0.15) is 12.8 Å². The van der Waals surface area contributed by atoms with E-state index in [2.05, 4.69) is 15.1 Å². The molecule has 24 heavy (non-hydrogen) atoms. The highest BCUT2D eigenvalue weighted by Crippen LogP contribution is 2.19. The van der Waals surface area contributed by atoms with Crippen molar-refractivity contribution >= 4 is 11.6 Å². The maximum atomic E-state index is 12.3. The van der Waals surface area contributed by atoms with Gasteiger partial charge in [-0.15, -0.1) is 0 Å². The van der Waals surface area contributed by atoms with Crippen molar-refractivity contribution in [2.75, 3.05) is 25.5 Å². The van der Waals surface area contributed by atoms with E-state index in [-0.39, 0.29) is 18.5 Å². The molecule has 8 heteroatoms. The van der Waals surface area contributed by atoms with Crippen LogP contribution in [0.5, 0.6) is 11.7 Å². The van der Waals surface area contributed by atoms with Gasteiger partial charge in [0.1, 0.15) is 11.7 Å². The van der Waals surface area contributed by atoms with E-state index in [0.717, 1.165) is 24.3 Å². The maximum Gasteiger partial charge on any atom is 0.291 e. The summed E-state index contributed by atoms with van der Waals surface area (Å²) in [6.45, 7) is 1.34. The molecule has 1 amide bonds. The lowest BCUT2D eigenvalue weighted by Gasteiger charge is -2.33. The number of rotatable bonds is 5. The molecule has 1 aliphatic rings. The first-order valence-corrected chi connectivity index (χ1v) is 7.86. The first kappa shape index (κ1) is 16.1. The van der Waals surface area contributed by atoms with Crippen LogP contribution in [0.3, 0.4) is 0 Å². The summed E-state index contributed by atoms with van der Waals surface area (Å²) in [5.41, 5.74) is 0.997. The largest absolute Gasteiger partial charge is 0.539 e. The minimum atomic E-state index is -0.555. The molecule has 0 radical (unpaired) electrons. The number of ether oxygens (including phenoxy) is 1. The van der Waals surface area contributed by atoms with E-state index in [4.69, 9.17) is 4.74 Å². The van der Waals surface area contributed by atoms with Gasteiger partial charge in [0.2, 0.25) is 6.20 Å². The molecule has 0 bridgehead atoms. The van der Waals surface area contributed by atoms with Crippen LogP contribution in [0.15, 0.2) is 35.0 Å². The van der Waals surface area contributed by atoms with E-state index in [1.54, 1.807) is 12.0 Å². The molecular formula is C16H20N4O4. The van der Waals surface area contributed by atoms with Crippen molar-refractivity contribution in [3.8, 4) is 11.7 Å². The Morgan fingerprint density at radius 3 is 2.96 bits per heavy atom. The highest BCUT2D eigenvalue weighted by Gasteiger charge is 2.26. The Labute approximate surface area is 139 Å². The summed E-state index contributed by atoms with van der Waals surface area (Å²) in [4.78, 5) is 14.1. The van der Waals surface area contributed by atoms with Crippen LogP contribution in [0, 0.1) is 0 Å². The van der Waals surface area contributed by atoms with Gasteiger partial charge in [0.25, 0.3) is 12.5 Å². The van der Waals surface area contributed by atoms with Crippen LogP contribution < -0.4 is 19.8 Å². The number of likely N-dealkylation sites (tertiary alicyclic amines) is 1. The molecule has 0 saturated carbocycles. The zero-order chi connectivity index (χ0) is 16.9. The normalized spacial score (nSPS) is 17.5. The van der Waals surface area contributed by atoms with E-state index in [1.807, 2.05) is 24.3 Å². The number of carbonyl (C=O) groups excluding carboxylic acids is 1. The van der Waals surface area contributed by atoms with E-state index in [9.17, 15) is 9.90 Å². The molecular weight excluding hydrogens is 312 g/mol. The van der Waals surface area contributed by atoms with Crippen molar-refractivity contribution in [1.82, 2.24) is 10.2 Å². The minimum Gasteiger partial charge on any atom is -0.539 e. The second kappa shape index (κ2) is 7.20. The lowest BCUT2D eigenvalue weighted by atomic mass is 10.1. The van der Waals surface area contributed by atoms with Crippen LogP contribution in [0.25, 0.3) is 0 Å². The molecule has 0 spiro atoms. The van der Waals surface area contributed by atoms with Crippen LogP contribution in [-0.4, -0.2) is 42.3 Å². The second-order valence-corrected chi connectivity index (χ2v) is 5.77. The van der Waals surface area contributed by atoms with Crippen LogP contribution in [-0.2, 0) is 11.3 Å². The molecule has 1 aliphatic heterocycles. The van der Waals surface area contributed by atoms with E-state index < -0.39 is 5.95 Å². The number of amides is 1. The number of carbonyl (C=O) groups is 1. The third-order valence-electron chi connectivity index (χ3n) is 4.02. The molecule has 1 aromatic carbocycles. The molecule has 128 valence electrons. The number of hydrogen-bond acceptors (Lipinski definition) is 6. The van der Waals surface area contributed by atoms with Gasteiger partial charge in [0.15, 0.2) is 0 Å². The monoisotopic (exact) mass is 332 g/mol. The summed E-state index contributed by atoms with van der Waals surface area (Å²) >= 11 is 0. The highest BCUT2D eigenvalue weighted by molar-refractivity contribution is 5.74. The first-order chi connectivity index (χ1) is 11.6. The Hall–Kier alpha value is -2.77. The van der Waals surface area contributed by atoms with Gasteiger partial charge in [0, 0.05) is 24.8 Å². The SMILES string of the molecule is COc1ccc(NC2CCCN(C(=O)C[n+]3cc([O-])on3)C2)cc1. The van der Waals surface area contributed by atoms with Crippen molar-refractivity contribution < 1.29 is 23.8 Å². The van der Waals surface area contributed by atoms with Gasteiger partial charge in [-0.25, -0.2) is 0 Å². The Morgan fingerprint density at radius 1 is 1.50 bits per heavy atom. The summed E-state index contributed by atoms with van der Waals surface area (Å²) < 4.78 is 10.8. The van der Waals surface area contributed by atoms with Crippen molar-refractivity contribution in [3.05, 3.63) is 30.5 Å². The van der Waals surface area contributed by atoms with Crippen molar-refractivity contribution in [1.29, 1.82) is 0 Å². The quantitative estimate of drug-likeness (QED) is 0.783. The van der Waals surface area contributed by atoms with Crippen molar-refractivity contribution in [2.24, 2.45) is 0 Å². The number of nitrogens with one attached hydrogen (secondary N) is 1. The summed E-state index contributed by atoms with van der Waals surface area (Å²) in [6.07, 6.45) is 3.10. The Morgan fingerprint density at radius 2 is 2.29 bits per heavy atom. The molecule has 0 aliphatic carbocycles. The number of aromatic nitrogens is 2. The van der Waals surface area contributed by atoms with E-state index in [1.165, 1.54) is 10.9 Å². The summed E-state index contributed by atoms with van der Waals surface area (Å²) in [5, 5.41) is 17.9. The zero-order valence-electron chi connectivity index (χ0n) is 13.5. The standard InChI is InChI=1S/C16H20N4O4/c1-23-14-6-4-12(5-7-14)17-13-3-2-8-19(9-13)15(21)10-20-11-16(22)24-18-20/h4-7,11,13,17H,2-3,8-10H2,1H3. The van der Waals surface area contributed by atoms with E-state index >= 15 is 0 Å². The Bertz CT molecular complexity index is 686. The summed E-state index contributed by atoms with van der Waals surface area (Å²) in [6, 6.07) is 7.90. The number of methoxy groups -OCH3 is 1. The number of nitrogens with zero attached hydrogens (tertiary/aromatic N) is 3. The average molecular weight is 332 g/mol. The van der Waals surface area contributed by atoms with Gasteiger partial charge in [-0.1, -0.05) is 4.68 Å². The van der Waals surface area contributed by atoms with E-state index in [0.29, 0.717) is 13.1 Å². The Kier molecular flexibility index (Phi) is 4.83. The van der Waals surface area contributed by atoms with Crippen LogP contribution in [0.4, 0.5) is 5.69 Å².